The monoisotopic (exact) mass is 432 g/mol. The largest absolute Gasteiger partial charge is 0.472 e. The topological polar surface area (TPSA) is 86.0 Å². The number of rotatable bonds is 4. The summed E-state index contributed by atoms with van der Waals surface area (Å²) >= 11 is 0. The van der Waals surface area contributed by atoms with Crippen LogP contribution in [-0.4, -0.2) is 55.0 Å². The number of piperidine rings is 1. The highest BCUT2D eigenvalue weighted by Crippen LogP contribution is 2.29. The van der Waals surface area contributed by atoms with Crippen molar-refractivity contribution in [1.82, 2.24) is 29.9 Å². The van der Waals surface area contributed by atoms with E-state index in [2.05, 4.69) is 20.2 Å². The second kappa shape index (κ2) is 8.32. The lowest BCUT2D eigenvalue weighted by Gasteiger charge is -2.32. The minimum Gasteiger partial charge on any atom is -0.472 e. The summed E-state index contributed by atoms with van der Waals surface area (Å²) < 4.78 is 43.8. The van der Waals surface area contributed by atoms with Crippen LogP contribution >= 0.6 is 0 Å². The second-order valence-electron chi connectivity index (χ2n) is 7.22. The van der Waals surface area contributed by atoms with Crippen molar-refractivity contribution in [1.29, 1.82) is 0 Å². The Labute approximate surface area is 175 Å². The van der Waals surface area contributed by atoms with Crippen LogP contribution in [0.4, 0.5) is 13.2 Å². The number of pyridine rings is 2. The third-order valence-electron chi connectivity index (χ3n) is 4.86. The van der Waals surface area contributed by atoms with E-state index in [1.807, 2.05) is 6.92 Å². The molecule has 4 rings (SSSR count). The zero-order chi connectivity index (χ0) is 22.0. The Morgan fingerprint density at radius 2 is 1.94 bits per heavy atom. The first kappa shape index (κ1) is 20.8. The molecule has 1 aliphatic rings. The fourth-order valence-corrected chi connectivity index (χ4v) is 3.37. The Bertz CT molecular complexity index is 1050. The molecule has 162 valence electrons. The Hall–Kier alpha value is -3.50. The average molecular weight is 432 g/mol. The van der Waals surface area contributed by atoms with Gasteiger partial charge in [0.15, 0.2) is 5.69 Å². The molecule has 0 unspecified atom stereocenters. The molecule has 0 aliphatic carbocycles. The predicted octanol–water partition coefficient (Wildman–Crippen LogP) is 3.07. The molecule has 31 heavy (non-hydrogen) atoms. The molecule has 1 fully saturated rings. The van der Waals surface area contributed by atoms with Crippen molar-refractivity contribution < 1.29 is 22.7 Å². The van der Waals surface area contributed by atoms with Crippen LogP contribution in [0.3, 0.4) is 0 Å². The highest BCUT2D eigenvalue weighted by atomic mass is 19.4. The molecule has 3 aromatic heterocycles. The van der Waals surface area contributed by atoms with E-state index in [0.29, 0.717) is 25.1 Å². The average Bonchev–Trinajstić information content (AvgIpc) is 3.28. The van der Waals surface area contributed by atoms with E-state index in [1.165, 1.54) is 23.3 Å². The first-order valence-corrected chi connectivity index (χ1v) is 9.64. The quantitative estimate of drug-likeness (QED) is 0.630. The van der Waals surface area contributed by atoms with Gasteiger partial charge in [-0.25, -0.2) is 9.97 Å². The standard InChI is InChI=1S/C20H19F3N6O2/c1-13-9-16(29-26-6-7-27-29)18(25-10-13)19(30)28-8-2-3-15(12-28)31-17-5-4-14(11-24-17)20(21,22)23/h4-7,9-11,15H,2-3,8,12H2,1H3/t15-/m1/s1. The zero-order valence-corrected chi connectivity index (χ0v) is 16.6. The third kappa shape index (κ3) is 4.65. The van der Waals surface area contributed by atoms with E-state index in [-0.39, 0.29) is 24.0 Å². The lowest BCUT2D eigenvalue weighted by molar-refractivity contribution is -0.137. The van der Waals surface area contributed by atoms with E-state index < -0.39 is 17.8 Å². The summed E-state index contributed by atoms with van der Waals surface area (Å²) in [6.45, 7) is 2.64. The molecular formula is C20H19F3N6O2. The maximum absolute atomic E-state index is 13.2. The zero-order valence-electron chi connectivity index (χ0n) is 16.6. The number of aryl methyl sites for hydroxylation is 1. The van der Waals surface area contributed by atoms with Crippen LogP contribution in [0, 0.1) is 6.92 Å². The number of amides is 1. The number of nitrogens with zero attached hydrogens (tertiary/aromatic N) is 6. The fraction of sp³-hybridized carbons (Fsp3) is 0.350. The molecule has 1 saturated heterocycles. The van der Waals surface area contributed by atoms with Crippen molar-refractivity contribution in [3.05, 3.63) is 59.8 Å². The van der Waals surface area contributed by atoms with Gasteiger partial charge in [0.25, 0.3) is 5.91 Å². The van der Waals surface area contributed by atoms with Crippen LogP contribution in [0.1, 0.15) is 34.5 Å². The maximum atomic E-state index is 13.2. The van der Waals surface area contributed by atoms with Gasteiger partial charge in [-0.3, -0.25) is 4.79 Å². The molecule has 0 aromatic carbocycles. The minimum absolute atomic E-state index is 0.0854. The lowest BCUT2D eigenvalue weighted by atomic mass is 10.1. The van der Waals surface area contributed by atoms with Gasteiger partial charge in [0, 0.05) is 25.0 Å². The van der Waals surface area contributed by atoms with Gasteiger partial charge in [-0.2, -0.15) is 23.4 Å². The molecule has 0 radical (unpaired) electrons. The van der Waals surface area contributed by atoms with Crippen LogP contribution < -0.4 is 4.74 Å². The minimum atomic E-state index is -4.46. The Morgan fingerprint density at radius 3 is 2.61 bits per heavy atom. The fourth-order valence-electron chi connectivity index (χ4n) is 3.37. The molecular weight excluding hydrogens is 413 g/mol. The molecule has 0 saturated carbocycles. The third-order valence-corrected chi connectivity index (χ3v) is 4.86. The Kier molecular flexibility index (Phi) is 5.57. The molecule has 1 aliphatic heterocycles. The number of ether oxygens (including phenoxy) is 1. The van der Waals surface area contributed by atoms with Crippen LogP contribution in [0.25, 0.3) is 5.69 Å². The summed E-state index contributed by atoms with van der Waals surface area (Å²) in [6.07, 6.45) is 1.85. The molecule has 8 nitrogen and oxygen atoms in total. The Balaban J connectivity index is 1.49. The highest BCUT2D eigenvalue weighted by Gasteiger charge is 2.32. The smallest absolute Gasteiger partial charge is 0.417 e. The predicted molar refractivity (Wildman–Crippen MR) is 103 cm³/mol. The number of halogens is 3. The Morgan fingerprint density at radius 1 is 1.16 bits per heavy atom. The molecule has 11 heteroatoms. The first-order valence-electron chi connectivity index (χ1n) is 9.64. The van der Waals surface area contributed by atoms with Gasteiger partial charge in [-0.1, -0.05) is 0 Å². The van der Waals surface area contributed by atoms with E-state index in [1.54, 1.807) is 17.2 Å². The maximum Gasteiger partial charge on any atom is 0.417 e. The molecule has 0 bridgehead atoms. The van der Waals surface area contributed by atoms with Crippen molar-refractivity contribution in [3.8, 4) is 11.6 Å². The van der Waals surface area contributed by atoms with Gasteiger partial charge < -0.3 is 9.64 Å². The van der Waals surface area contributed by atoms with Crippen LogP contribution in [-0.2, 0) is 6.18 Å². The van der Waals surface area contributed by atoms with Gasteiger partial charge in [0.1, 0.15) is 11.8 Å². The van der Waals surface area contributed by atoms with Gasteiger partial charge in [-0.15, -0.1) is 4.80 Å². The molecule has 1 amide bonds. The number of alkyl halides is 3. The SMILES string of the molecule is Cc1cnc(C(=O)N2CCC[C@@H](Oc3ccc(C(F)(F)F)cn3)C2)c(-n2nccn2)c1. The van der Waals surface area contributed by atoms with Gasteiger partial charge in [-0.05, 0) is 37.5 Å². The van der Waals surface area contributed by atoms with Crippen LogP contribution in [0.2, 0.25) is 0 Å². The number of carbonyl (C=O) groups is 1. The highest BCUT2D eigenvalue weighted by molar-refractivity contribution is 5.95. The molecule has 0 N–H and O–H groups in total. The van der Waals surface area contributed by atoms with Gasteiger partial charge >= 0.3 is 6.18 Å². The number of carbonyl (C=O) groups excluding carboxylic acids is 1. The number of aromatic nitrogens is 5. The van der Waals surface area contributed by atoms with E-state index in [4.69, 9.17) is 4.74 Å². The van der Waals surface area contributed by atoms with E-state index in [0.717, 1.165) is 17.8 Å². The molecule has 4 heterocycles. The second-order valence-corrected chi connectivity index (χ2v) is 7.22. The number of hydrogen-bond donors (Lipinski definition) is 0. The molecule has 1 atom stereocenters. The summed E-state index contributed by atoms with van der Waals surface area (Å²) in [4.78, 5) is 24.2. The van der Waals surface area contributed by atoms with Crippen molar-refractivity contribution in [2.75, 3.05) is 13.1 Å². The summed E-state index contributed by atoms with van der Waals surface area (Å²) in [5, 5.41) is 8.19. The van der Waals surface area contributed by atoms with Crippen molar-refractivity contribution in [3.63, 3.8) is 0 Å². The van der Waals surface area contributed by atoms with Gasteiger partial charge in [0.2, 0.25) is 5.88 Å². The first-order chi connectivity index (χ1) is 14.8. The summed E-state index contributed by atoms with van der Waals surface area (Å²) in [7, 11) is 0. The van der Waals surface area contributed by atoms with E-state index >= 15 is 0 Å². The summed E-state index contributed by atoms with van der Waals surface area (Å²) in [5.41, 5.74) is 0.708. The lowest BCUT2D eigenvalue weighted by Crippen LogP contribution is -2.45. The number of likely N-dealkylation sites (tertiary alicyclic amines) is 1. The van der Waals surface area contributed by atoms with Crippen LogP contribution in [0.5, 0.6) is 5.88 Å². The summed E-state index contributed by atoms with van der Waals surface area (Å²) in [5.74, 6) is -0.205. The number of hydrogen-bond acceptors (Lipinski definition) is 6. The van der Waals surface area contributed by atoms with Crippen molar-refractivity contribution in [2.45, 2.75) is 32.0 Å². The summed E-state index contributed by atoms with van der Waals surface area (Å²) in [6, 6.07) is 3.89. The molecule has 3 aromatic rings. The molecule has 0 spiro atoms. The normalized spacial score (nSPS) is 16.9. The van der Waals surface area contributed by atoms with Crippen LogP contribution in [0.15, 0.2) is 43.0 Å². The van der Waals surface area contributed by atoms with Crippen molar-refractivity contribution in [2.24, 2.45) is 0 Å². The van der Waals surface area contributed by atoms with E-state index in [9.17, 15) is 18.0 Å². The van der Waals surface area contributed by atoms with Gasteiger partial charge in [0.05, 0.1) is 24.5 Å². The van der Waals surface area contributed by atoms with Crippen molar-refractivity contribution >= 4 is 5.91 Å².